The first-order valence-corrected chi connectivity index (χ1v) is 9.02. The second-order valence-corrected chi connectivity index (χ2v) is 6.80. The number of rotatable bonds is 12. The molecular formula is C17H30N6O4. The van der Waals surface area contributed by atoms with Crippen LogP contribution in [-0.4, -0.2) is 57.5 Å². The summed E-state index contributed by atoms with van der Waals surface area (Å²) in [6.07, 6.45) is 4.94. The van der Waals surface area contributed by atoms with Gasteiger partial charge in [0.25, 0.3) is 0 Å². The SMILES string of the molecule is CC(C)[C@H](NC(=O)[C@H](CCCCN)NC(=O)[C@@H](N)Cc1cnc[nH]1)C(=O)O. The smallest absolute Gasteiger partial charge is 0.326 e. The molecule has 0 aromatic carbocycles. The Balaban J connectivity index is 2.74. The molecule has 1 heterocycles. The van der Waals surface area contributed by atoms with Crippen LogP contribution in [-0.2, 0) is 20.8 Å². The molecule has 27 heavy (non-hydrogen) atoms. The highest BCUT2D eigenvalue weighted by Gasteiger charge is 2.29. The monoisotopic (exact) mass is 382 g/mol. The topological polar surface area (TPSA) is 176 Å². The number of nitrogens with zero attached hydrogens (tertiary/aromatic N) is 1. The summed E-state index contributed by atoms with van der Waals surface area (Å²) in [4.78, 5) is 43.0. The zero-order valence-electron chi connectivity index (χ0n) is 15.8. The number of carboxylic acids is 1. The number of imidazole rings is 1. The third-order valence-electron chi connectivity index (χ3n) is 4.14. The van der Waals surface area contributed by atoms with Gasteiger partial charge in [-0.25, -0.2) is 9.78 Å². The maximum absolute atomic E-state index is 12.6. The fraction of sp³-hybridized carbons (Fsp3) is 0.647. The highest BCUT2D eigenvalue weighted by atomic mass is 16.4. The molecule has 0 bridgehead atoms. The van der Waals surface area contributed by atoms with Crippen molar-refractivity contribution in [1.82, 2.24) is 20.6 Å². The predicted octanol–water partition coefficient (Wildman–Crippen LogP) is -0.881. The van der Waals surface area contributed by atoms with E-state index in [0.717, 1.165) is 0 Å². The van der Waals surface area contributed by atoms with Gasteiger partial charge in [-0.1, -0.05) is 13.8 Å². The molecule has 1 aromatic rings. The van der Waals surface area contributed by atoms with Crippen molar-refractivity contribution in [3.8, 4) is 0 Å². The van der Waals surface area contributed by atoms with Crippen molar-refractivity contribution in [3.63, 3.8) is 0 Å². The lowest BCUT2D eigenvalue weighted by atomic mass is 10.0. The van der Waals surface area contributed by atoms with E-state index in [1.807, 2.05) is 0 Å². The van der Waals surface area contributed by atoms with Gasteiger partial charge in [-0.05, 0) is 31.7 Å². The maximum Gasteiger partial charge on any atom is 0.326 e. The number of aliphatic carboxylic acids is 1. The molecule has 1 rings (SSSR count). The number of H-pyrrole nitrogens is 1. The van der Waals surface area contributed by atoms with Gasteiger partial charge in [0.1, 0.15) is 12.1 Å². The normalized spacial score (nSPS) is 14.4. The van der Waals surface area contributed by atoms with E-state index in [-0.39, 0.29) is 12.3 Å². The van der Waals surface area contributed by atoms with Crippen LogP contribution in [0.2, 0.25) is 0 Å². The second kappa shape index (κ2) is 11.3. The lowest BCUT2D eigenvalue weighted by Crippen LogP contribution is -2.55. The first-order valence-electron chi connectivity index (χ1n) is 9.02. The first-order chi connectivity index (χ1) is 12.8. The molecule has 0 saturated carbocycles. The molecule has 10 nitrogen and oxygen atoms in total. The number of hydrogen-bond acceptors (Lipinski definition) is 6. The van der Waals surface area contributed by atoms with Gasteiger partial charge in [-0.2, -0.15) is 0 Å². The van der Waals surface area contributed by atoms with E-state index in [0.29, 0.717) is 31.5 Å². The van der Waals surface area contributed by atoms with Crippen LogP contribution in [0.1, 0.15) is 38.8 Å². The Morgan fingerprint density at radius 3 is 2.44 bits per heavy atom. The zero-order chi connectivity index (χ0) is 20.4. The average Bonchev–Trinajstić information content (AvgIpc) is 3.10. The molecule has 0 aliphatic rings. The largest absolute Gasteiger partial charge is 0.480 e. The number of carbonyl (C=O) groups excluding carboxylic acids is 2. The Hall–Kier alpha value is -2.46. The number of nitrogens with one attached hydrogen (secondary N) is 3. The molecule has 0 radical (unpaired) electrons. The van der Waals surface area contributed by atoms with Gasteiger partial charge in [0.2, 0.25) is 11.8 Å². The summed E-state index contributed by atoms with van der Waals surface area (Å²) in [5.74, 6) is -2.46. The quantitative estimate of drug-likeness (QED) is 0.254. The molecule has 1 aromatic heterocycles. The van der Waals surface area contributed by atoms with Crippen LogP contribution in [0, 0.1) is 5.92 Å². The van der Waals surface area contributed by atoms with Crippen LogP contribution in [0.5, 0.6) is 0 Å². The highest BCUT2D eigenvalue weighted by molar-refractivity contribution is 5.91. The molecule has 0 unspecified atom stereocenters. The van der Waals surface area contributed by atoms with Gasteiger partial charge in [0.15, 0.2) is 0 Å². The Bertz CT molecular complexity index is 605. The third kappa shape index (κ3) is 7.75. The van der Waals surface area contributed by atoms with Crippen LogP contribution >= 0.6 is 0 Å². The number of aromatic amines is 1. The van der Waals surface area contributed by atoms with Gasteiger partial charge in [0.05, 0.1) is 12.4 Å². The molecule has 152 valence electrons. The van der Waals surface area contributed by atoms with Crippen molar-refractivity contribution in [3.05, 3.63) is 18.2 Å². The summed E-state index contributed by atoms with van der Waals surface area (Å²) >= 11 is 0. The summed E-state index contributed by atoms with van der Waals surface area (Å²) in [6, 6.07) is -2.78. The standard InChI is InChI=1S/C17H30N6O4/c1-10(2)14(17(26)27)23-16(25)13(5-3-4-6-18)22-15(24)12(19)7-11-8-20-9-21-11/h8-10,12-14H,3-7,18-19H2,1-2H3,(H,20,21)(H,22,24)(H,23,25)(H,26,27)/t12-,13-,14-/m0/s1. The van der Waals surface area contributed by atoms with Crippen LogP contribution in [0.15, 0.2) is 12.5 Å². The molecule has 8 N–H and O–H groups in total. The van der Waals surface area contributed by atoms with Gasteiger partial charge in [-0.15, -0.1) is 0 Å². The summed E-state index contributed by atoms with van der Waals surface area (Å²) in [5, 5.41) is 14.4. The first kappa shape index (κ1) is 22.6. The number of nitrogens with two attached hydrogens (primary N) is 2. The van der Waals surface area contributed by atoms with Crippen LogP contribution in [0.25, 0.3) is 0 Å². The summed E-state index contributed by atoms with van der Waals surface area (Å²) in [5.41, 5.74) is 12.1. The van der Waals surface area contributed by atoms with Gasteiger partial charge in [0, 0.05) is 18.3 Å². The molecule has 0 spiro atoms. The van der Waals surface area contributed by atoms with Crippen molar-refractivity contribution in [2.75, 3.05) is 6.54 Å². The van der Waals surface area contributed by atoms with Gasteiger partial charge >= 0.3 is 5.97 Å². The Kier molecular flexibility index (Phi) is 9.45. The summed E-state index contributed by atoms with van der Waals surface area (Å²) in [7, 11) is 0. The molecular weight excluding hydrogens is 352 g/mol. The van der Waals surface area contributed by atoms with E-state index in [9.17, 15) is 19.5 Å². The molecule has 10 heteroatoms. The summed E-state index contributed by atoms with van der Waals surface area (Å²) in [6.45, 7) is 3.86. The molecule has 0 fully saturated rings. The molecule has 3 atom stereocenters. The van der Waals surface area contributed by atoms with Crippen LogP contribution in [0.3, 0.4) is 0 Å². The Labute approximate surface area is 158 Å². The number of aromatic nitrogens is 2. The average molecular weight is 382 g/mol. The predicted molar refractivity (Wildman–Crippen MR) is 99.5 cm³/mol. The second-order valence-electron chi connectivity index (χ2n) is 6.80. The number of carbonyl (C=O) groups is 3. The number of hydrogen-bond donors (Lipinski definition) is 6. The van der Waals surface area contributed by atoms with Crippen molar-refractivity contribution >= 4 is 17.8 Å². The minimum atomic E-state index is -1.12. The molecule has 2 amide bonds. The van der Waals surface area contributed by atoms with E-state index >= 15 is 0 Å². The van der Waals surface area contributed by atoms with Crippen molar-refractivity contribution in [2.24, 2.45) is 17.4 Å². The van der Waals surface area contributed by atoms with E-state index in [1.165, 1.54) is 6.33 Å². The van der Waals surface area contributed by atoms with E-state index < -0.39 is 35.9 Å². The van der Waals surface area contributed by atoms with Crippen LogP contribution < -0.4 is 22.1 Å². The van der Waals surface area contributed by atoms with Crippen molar-refractivity contribution in [2.45, 2.75) is 57.7 Å². The zero-order valence-corrected chi connectivity index (χ0v) is 15.8. The molecule has 0 aliphatic heterocycles. The van der Waals surface area contributed by atoms with E-state index in [1.54, 1.807) is 20.0 Å². The van der Waals surface area contributed by atoms with Crippen molar-refractivity contribution < 1.29 is 19.5 Å². The number of amides is 2. The minimum Gasteiger partial charge on any atom is -0.480 e. The van der Waals surface area contributed by atoms with Crippen molar-refractivity contribution in [1.29, 1.82) is 0 Å². The van der Waals surface area contributed by atoms with E-state index in [2.05, 4.69) is 20.6 Å². The van der Waals surface area contributed by atoms with Crippen LogP contribution in [0.4, 0.5) is 0 Å². The fourth-order valence-electron chi connectivity index (χ4n) is 2.53. The molecule has 0 saturated heterocycles. The number of unbranched alkanes of at least 4 members (excludes halogenated alkanes) is 1. The number of carboxylic acid groups (broad SMARTS) is 1. The lowest BCUT2D eigenvalue weighted by Gasteiger charge is -2.24. The maximum atomic E-state index is 12.6. The minimum absolute atomic E-state index is 0.243. The molecule has 0 aliphatic carbocycles. The Morgan fingerprint density at radius 1 is 1.22 bits per heavy atom. The summed E-state index contributed by atoms with van der Waals surface area (Å²) < 4.78 is 0. The van der Waals surface area contributed by atoms with Gasteiger partial charge < -0.3 is 32.2 Å². The van der Waals surface area contributed by atoms with E-state index in [4.69, 9.17) is 11.5 Å². The van der Waals surface area contributed by atoms with Gasteiger partial charge in [-0.3, -0.25) is 9.59 Å². The highest BCUT2D eigenvalue weighted by Crippen LogP contribution is 2.06. The third-order valence-corrected chi connectivity index (χ3v) is 4.14. The lowest BCUT2D eigenvalue weighted by molar-refractivity contribution is -0.143. The fourth-order valence-corrected chi connectivity index (χ4v) is 2.53. The Morgan fingerprint density at radius 2 is 1.93 bits per heavy atom.